The monoisotopic (exact) mass is 393 g/mol. The van der Waals surface area contributed by atoms with Gasteiger partial charge in [-0.15, -0.1) is 0 Å². The SMILES string of the molecule is O=C(Oc1ccc2ccccc2c1)c1cccc(N2C(=O)c3ccccc3C2=O)c1. The van der Waals surface area contributed by atoms with Crippen LogP contribution in [0.5, 0.6) is 5.75 Å². The number of benzene rings is 4. The minimum absolute atomic E-state index is 0.247. The number of anilines is 1. The van der Waals surface area contributed by atoms with Gasteiger partial charge in [0, 0.05) is 0 Å². The standard InChI is InChI=1S/C25H15NO4/c27-23-21-10-3-4-11-22(21)24(28)26(23)19-9-5-8-18(14-19)25(29)30-20-13-12-16-6-1-2-7-17(16)15-20/h1-15H. The number of rotatable bonds is 3. The Morgan fingerprint density at radius 2 is 1.33 bits per heavy atom. The van der Waals surface area contributed by atoms with Gasteiger partial charge in [-0.3, -0.25) is 9.59 Å². The van der Waals surface area contributed by atoms with Crippen molar-refractivity contribution in [1.29, 1.82) is 0 Å². The molecule has 0 unspecified atom stereocenters. The minimum atomic E-state index is -0.566. The molecule has 4 aromatic carbocycles. The van der Waals surface area contributed by atoms with Crippen LogP contribution in [0.25, 0.3) is 10.8 Å². The first kappa shape index (κ1) is 17.8. The molecule has 0 aromatic heterocycles. The molecule has 0 aliphatic carbocycles. The van der Waals surface area contributed by atoms with Gasteiger partial charge in [0.15, 0.2) is 0 Å². The Kier molecular flexibility index (Phi) is 4.14. The fourth-order valence-corrected chi connectivity index (χ4v) is 3.59. The van der Waals surface area contributed by atoms with E-state index in [1.807, 2.05) is 30.3 Å². The molecule has 1 aliphatic heterocycles. The summed E-state index contributed by atoms with van der Waals surface area (Å²) in [5.41, 5.74) is 1.28. The summed E-state index contributed by atoms with van der Waals surface area (Å²) in [7, 11) is 0. The average Bonchev–Trinajstić information content (AvgIpc) is 3.04. The number of fused-ring (bicyclic) bond motifs is 2. The first-order valence-electron chi connectivity index (χ1n) is 9.41. The van der Waals surface area contributed by atoms with Crippen molar-refractivity contribution in [3.05, 3.63) is 108 Å². The molecule has 0 N–H and O–H groups in total. The second-order valence-corrected chi connectivity index (χ2v) is 6.94. The molecule has 5 heteroatoms. The molecule has 5 rings (SSSR count). The first-order valence-corrected chi connectivity index (χ1v) is 9.41. The van der Waals surface area contributed by atoms with E-state index in [-0.39, 0.29) is 5.56 Å². The molecule has 0 atom stereocenters. The van der Waals surface area contributed by atoms with E-state index in [1.54, 1.807) is 54.6 Å². The summed E-state index contributed by atoms with van der Waals surface area (Å²) in [6.45, 7) is 0. The molecule has 0 spiro atoms. The molecular formula is C25H15NO4. The highest BCUT2D eigenvalue weighted by molar-refractivity contribution is 6.34. The van der Waals surface area contributed by atoms with Crippen molar-refractivity contribution in [3.8, 4) is 5.75 Å². The van der Waals surface area contributed by atoms with E-state index >= 15 is 0 Å². The number of amides is 2. The summed E-state index contributed by atoms with van der Waals surface area (Å²) in [6.07, 6.45) is 0. The molecule has 144 valence electrons. The number of carbonyl (C=O) groups excluding carboxylic acids is 3. The van der Waals surface area contributed by atoms with E-state index in [4.69, 9.17) is 4.74 Å². The van der Waals surface area contributed by atoms with Crippen LogP contribution in [0, 0.1) is 0 Å². The van der Waals surface area contributed by atoms with Gasteiger partial charge in [0.2, 0.25) is 0 Å². The van der Waals surface area contributed by atoms with Crippen LogP contribution in [0.15, 0.2) is 91.0 Å². The van der Waals surface area contributed by atoms with E-state index in [2.05, 4.69) is 0 Å². The zero-order valence-electron chi connectivity index (χ0n) is 15.7. The van der Waals surface area contributed by atoms with Gasteiger partial charge in [-0.05, 0) is 53.2 Å². The fourth-order valence-electron chi connectivity index (χ4n) is 3.59. The van der Waals surface area contributed by atoms with Crippen LogP contribution in [0.1, 0.15) is 31.1 Å². The second-order valence-electron chi connectivity index (χ2n) is 6.94. The Morgan fingerprint density at radius 3 is 2.07 bits per heavy atom. The third-order valence-corrected chi connectivity index (χ3v) is 5.07. The van der Waals surface area contributed by atoms with Crippen LogP contribution >= 0.6 is 0 Å². The maximum absolute atomic E-state index is 12.7. The lowest BCUT2D eigenvalue weighted by molar-refractivity contribution is 0.0733. The summed E-state index contributed by atoms with van der Waals surface area (Å²) in [5.74, 6) is -0.958. The number of hydrogen-bond acceptors (Lipinski definition) is 4. The molecule has 0 saturated carbocycles. The van der Waals surface area contributed by atoms with Crippen molar-refractivity contribution < 1.29 is 19.1 Å². The van der Waals surface area contributed by atoms with Crippen LogP contribution in [-0.2, 0) is 0 Å². The number of nitrogens with zero attached hydrogens (tertiary/aromatic N) is 1. The van der Waals surface area contributed by atoms with Gasteiger partial charge in [-0.1, -0.05) is 48.5 Å². The van der Waals surface area contributed by atoms with Gasteiger partial charge >= 0.3 is 5.97 Å². The molecule has 0 bridgehead atoms. The predicted molar refractivity (Wildman–Crippen MR) is 113 cm³/mol. The summed E-state index contributed by atoms with van der Waals surface area (Å²) in [5, 5.41) is 2.01. The normalized spacial score (nSPS) is 12.9. The van der Waals surface area contributed by atoms with Gasteiger partial charge in [-0.2, -0.15) is 0 Å². The summed E-state index contributed by atoms with van der Waals surface area (Å²) in [4.78, 5) is 39.2. The van der Waals surface area contributed by atoms with Crippen molar-refractivity contribution in [2.45, 2.75) is 0 Å². The number of imide groups is 1. The highest BCUT2D eigenvalue weighted by Crippen LogP contribution is 2.29. The van der Waals surface area contributed by atoms with E-state index in [1.165, 1.54) is 6.07 Å². The average molecular weight is 393 g/mol. The molecular weight excluding hydrogens is 378 g/mol. The quantitative estimate of drug-likeness (QED) is 0.283. The van der Waals surface area contributed by atoms with Gasteiger partial charge in [0.05, 0.1) is 22.4 Å². The zero-order chi connectivity index (χ0) is 20.7. The molecule has 1 heterocycles. The van der Waals surface area contributed by atoms with Crippen LogP contribution in [0.3, 0.4) is 0 Å². The lowest BCUT2D eigenvalue weighted by atomic mass is 10.1. The van der Waals surface area contributed by atoms with Crippen molar-refractivity contribution in [2.24, 2.45) is 0 Å². The van der Waals surface area contributed by atoms with E-state index in [9.17, 15) is 14.4 Å². The van der Waals surface area contributed by atoms with E-state index in [0.717, 1.165) is 15.7 Å². The van der Waals surface area contributed by atoms with Gasteiger partial charge in [-0.25, -0.2) is 9.69 Å². The molecule has 5 nitrogen and oxygen atoms in total. The van der Waals surface area contributed by atoms with Crippen LogP contribution in [-0.4, -0.2) is 17.8 Å². The van der Waals surface area contributed by atoms with Crippen molar-refractivity contribution >= 4 is 34.2 Å². The first-order chi connectivity index (χ1) is 14.6. The van der Waals surface area contributed by atoms with Gasteiger partial charge in [0.1, 0.15) is 5.75 Å². The van der Waals surface area contributed by atoms with Crippen LogP contribution < -0.4 is 9.64 Å². The maximum Gasteiger partial charge on any atom is 0.343 e. The molecule has 30 heavy (non-hydrogen) atoms. The summed E-state index contributed by atoms with van der Waals surface area (Å²) < 4.78 is 5.51. The smallest absolute Gasteiger partial charge is 0.343 e. The fraction of sp³-hybridized carbons (Fsp3) is 0. The third kappa shape index (κ3) is 2.93. The predicted octanol–water partition coefficient (Wildman–Crippen LogP) is 4.86. The van der Waals surface area contributed by atoms with E-state index in [0.29, 0.717) is 22.6 Å². The Bertz CT molecular complexity index is 1310. The van der Waals surface area contributed by atoms with Gasteiger partial charge < -0.3 is 4.74 Å². The Hall–Kier alpha value is -4.25. The number of carbonyl (C=O) groups is 3. The second kappa shape index (κ2) is 6.97. The Morgan fingerprint density at radius 1 is 0.667 bits per heavy atom. The topological polar surface area (TPSA) is 63.7 Å². The van der Waals surface area contributed by atoms with Gasteiger partial charge in [0.25, 0.3) is 11.8 Å². The van der Waals surface area contributed by atoms with E-state index < -0.39 is 17.8 Å². The molecule has 0 saturated heterocycles. The summed E-state index contributed by atoms with van der Waals surface area (Å²) in [6, 6.07) is 26.2. The molecule has 0 fully saturated rings. The molecule has 1 aliphatic rings. The minimum Gasteiger partial charge on any atom is -0.423 e. The molecule has 2 amide bonds. The third-order valence-electron chi connectivity index (χ3n) is 5.07. The Balaban J connectivity index is 1.43. The number of esters is 1. The summed E-state index contributed by atoms with van der Waals surface area (Å²) >= 11 is 0. The van der Waals surface area contributed by atoms with Crippen molar-refractivity contribution in [3.63, 3.8) is 0 Å². The number of ether oxygens (including phenoxy) is 1. The molecule has 0 radical (unpaired) electrons. The largest absolute Gasteiger partial charge is 0.423 e. The maximum atomic E-state index is 12.7. The highest BCUT2D eigenvalue weighted by Gasteiger charge is 2.36. The van der Waals surface area contributed by atoms with Crippen LogP contribution in [0.2, 0.25) is 0 Å². The lowest BCUT2D eigenvalue weighted by Crippen LogP contribution is -2.29. The number of hydrogen-bond donors (Lipinski definition) is 0. The zero-order valence-corrected chi connectivity index (χ0v) is 15.7. The molecule has 4 aromatic rings. The van der Waals surface area contributed by atoms with Crippen molar-refractivity contribution in [2.75, 3.05) is 4.90 Å². The lowest BCUT2D eigenvalue weighted by Gasteiger charge is -2.15. The van der Waals surface area contributed by atoms with Crippen molar-refractivity contribution in [1.82, 2.24) is 0 Å². The van der Waals surface area contributed by atoms with Crippen LogP contribution in [0.4, 0.5) is 5.69 Å². The Labute approximate surface area is 172 Å². The highest BCUT2D eigenvalue weighted by atomic mass is 16.5.